The van der Waals surface area contributed by atoms with Crippen LogP contribution in [0.3, 0.4) is 0 Å². The Kier molecular flexibility index (Phi) is 7.44. The van der Waals surface area contributed by atoms with Crippen molar-refractivity contribution in [3.8, 4) is 5.75 Å². The molecule has 0 spiro atoms. The average molecular weight is 362 g/mol. The molecule has 1 aliphatic rings. The minimum atomic E-state index is -0.836. The zero-order valence-electron chi connectivity index (χ0n) is 15.1. The van der Waals surface area contributed by atoms with Crippen LogP contribution in [-0.4, -0.2) is 65.5 Å². The second-order valence-corrected chi connectivity index (χ2v) is 6.20. The highest BCUT2D eigenvalue weighted by Crippen LogP contribution is 2.21. The lowest BCUT2D eigenvalue weighted by Gasteiger charge is -2.35. The molecule has 0 atom stereocenters. The molecule has 1 N–H and O–H groups in total. The zero-order chi connectivity index (χ0) is 18.9. The third kappa shape index (κ3) is 5.47. The van der Waals surface area contributed by atoms with Crippen molar-refractivity contribution in [2.24, 2.45) is 0 Å². The van der Waals surface area contributed by atoms with Gasteiger partial charge < -0.3 is 19.6 Å². The van der Waals surface area contributed by atoms with Crippen LogP contribution in [0.5, 0.6) is 5.75 Å². The van der Waals surface area contributed by atoms with Crippen molar-refractivity contribution >= 4 is 17.8 Å². The Balaban J connectivity index is 1.83. The number of unbranched alkanes of at least 4 members (excludes halogenated alkanes) is 1. The van der Waals surface area contributed by atoms with Gasteiger partial charge in [0.15, 0.2) is 0 Å². The van der Waals surface area contributed by atoms with Gasteiger partial charge >= 0.3 is 5.97 Å². The third-order valence-electron chi connectivity index (χ3n) is 4.37. The summed E-state index contributed by atoms with van der Waals surface area (Å²) in [6.07, 6.45) is 1.53. The molecule has 26 heavy (non-hydrogen) atoms. The number of hydrogen-bond acceptors (Lipinski definition) is 4. The minimum absolute atomic E-state index is 0.0252. The van der Waals surface area contributed by atoms with Crippen LogP contribution in [-0.2, 0) is 9.59 Å². The first-order chi connectivity index (χ1) is 12.5. The number of carbonyl (C=O) groups excluding carboxylic acids is 2. The maximum atomic E-state index is 12.7. The molecule has 0 radical (unpaired) electrons. The number of nitrogens with zero attached hydrogens (tertiary/aromatic N) is 2. The molecule has 142 valence electrons. The molecule has 2 rings (SSSR count). The zero-order valence-corrected chi connectivity index (χ0v) is 15.1. The molecule has 1 saturated heterocycles. The number of hydrogen-bond donors (Lipinski definition) is 1. The summed E-state index contributed by atoms with van der Waals surface area (Å²) in [6, 6.07) is 7.19. The van der Waals surface area contributed by atoms with Crippen LogP contribution in [0.2, 0.25) is 0 Å². The van der Waals surface area contributed by atoms with Gasteiger partial charge in [0.2, 0.25) is 5.91 Å². The summed E-state index contributed by atoms with van der Waals surface area (Å²) in [5.41, 5.74) is 0.544. The monoisotopic (exact) mass is 362 g/mol. The van der Waals surface area contributed by atoms with Crippen LogP contribution < -0.4 is 4.74 Å². The van der Waals surface area contributed by atoms with Gasteiger partial charge in [-0.1, -0.05) is 12.1 Å². The van der Waals surface area contributed by atoms with Crippen LogP contribution in [0.15, 0.2) is 24.3 Å². The smallest absolute Gasteiger partial charge is 0.303 e. The predicted molar refractivity (Wildman–Crippen MR) is 96.2 cm³/mol. The van der Waals surface area contributed by atoms with Crippen molar-refractivity contribution in [2.45, 2.75) is 32.6 Å². The van der Waals surface area contributed by atoms with E-state index in [2.05, 4.69) is 0 Å². The van der Waals surface area contributed by atoms with Crippen molar-refractivity contribution in [2.75, 3.05) is 32.8 Å². The van der Waals surface area contributed by atoms with Crippen molar-refractivity contribution in [1.29, 1.82) is 0 Å². The highest BCUT2D eigenvalue weighted by atomic mass is 16.5. The van der Waals surface area contributed by atoms with Crippen molar-refractivity contribution in [3.05, 3.63) is 29.8 Å². The number of ether oxygens (including phenoxy) is 1. The number of carbonyl (C=O) groups is 3. The standard InChI is InChI=1S/C19H26N2O5/c1-2-26-16-8-4-3-7-15(16)19(25)21-13-11-20(12-14-21)17(22)9-5-6-10-18(23)24/h3-4,7-8H,2,5-6,9-14H2,1H3,(H,23,24). The maximum absolute atomic E-state index is 12.7. The van der Waals surface area contributed by atoms with Gasteiger partial charge in [0.1, 0.15) is 5.75 Å². The quantitative estimate of drug-likeness (QED) is 0.715. The van der Waals surface area contributed by atoms with E-state index in [1.54, 1.807) is 21.9 Å². The summed E-state index contributed by atoms with van der Waals surface area (Å²) in [5.74, 6) is -0.311. The Bertz CT molecular complexity index is 639. The van der Waals surface area contributed by atoms with Gasteiger partial charge in [0, 0.05) is 39.0 Å². The maximum Gasteiger partial charge on any atom is 0.303 e. The normalized spacial score (nSPS) is 14.2. The number of piperazine rings is 1. The molecule has 1 aromatic carbocycles. The number of para-hydroxylation sites is 1. The lowest BCUT2D eigenvalue weighted by molar-refractivity contribution is -0.137. The van der Waals surface area contributed by atoms with Gasteiger partial charge in [-0.05, 0) is 31.9 Å². The van der Waals surface area contributed by atoms with Crippen LogP contribution in [0.4, 0.5) is 0 Å². The molecule has 1 heterocycles. The van der Waals surface area contributed by atoms with Crippen LogP contribution >= 0.6 is 0 Å². The fourth-order valence-electron chi connectivity index (χ4n) is 2.96. The molecule has 2 amide bonds. The van der Waals surface area contributed by atoms with E-state index < -0.39 is 5.97 Å². The Labute approximate surface area is 153 Å². The highest BCUT2D eigenvalue weighted by molar-refractivity contribution is 5.97. The molecule has 7 nitrogen and oxygen atoms in total. The van der Waals surface area contributed by atoms with E-state index in [4.69, 9.17) is 9.84 Å². The van der Waals surface area contributed by atoms with Crippen LogP contribution in [0, 0.1) is 0 Å². The molecule has 1 fully saturated rings. The van der Waals surface area contributed by atoms with Crippen molar-refractivity contribution in [3.63, 3.8) is 0 Å². The first-order valence-electron chi connectivity index (χ1n) is 9.03. The highest BCUT2D eigenvalue weighted by Gasteiger charge is 2.26. The lowest BCUT2D eigenvalue weighted by Crippen LogP contribution is -2.50. The molecule has 7 heteroatoms. The number of carboxylic acids is 1. The SMILES string of the molecule is CCOc1ccccc1C(=O)N1CCN(C(=O)CCCCC(=O)O)CC1. The topological polar surface area (TPSA) is 87.2 Å². The average Bonchev–Trinajstić information content (AvgIpc) is 2.65. The number of aliphatic carboxylic acids is 1. The first kappa shape index (κ1) is 19.8. The predicted octanol–water partition coefficient (Wildman–Crippen LogP) is 2.01. The fourth-order valence-corrected chi connectivity index (χ4v) is 2.96. The summed E-state index contributed by atoms with van der Waals surface area (Å²) in [4.78, 5) is 38.9. The number of amides is 2. The number of benzene rings is 1. The van der Waals surface area contributed by atoms with Crippen LogP contribution in [0.25, 0.3) is 0 Å². The first-order valence-corrected chi connectivity index (χ1v) is 9.03. The van der Waals surface area contributed by atoms with Crippen LogP contribution in [0.1, 0.15) is 43.0 Å². The van der Waals surface area contributed by atoms with Crippen molar-refractivity contribution < 1.29 is 24.2 Å². The molecular weight excluding hydrogens is 336 g/mol. The molecule has 1 aromatic rings. The third-order valence-corrected chi connectivity index (χ3v) is 4.37. The van der Waals surface area contributed by atoms with E-state index in [9.17, 15) is 14.4 Å². The Morgan fingerprint density at radius 3 is 2.27 bits per heavy atom. The van der Waals surface area contributed by atoms with E-state index in [0.29, 0.717) is 63.4 Å². The van der Waals surface area contributed by atoms with Gasteiger partial charge in [0.05, 0.1) is 12.2 Å². The van der Waals surface area contributed by atoms with Gasteiger partial charge in [-0.2, -0.15) is 0 Å². The lowest BCUT2D eigenvalue weighted by atomic mass is 10.1. The Morgan fingerprint density at radius 2 is 1.62 bits per heavy atom. The Morgan fingerprint density at radius 1 is 1.00 bits per heavy atom. The summed E-state index contributed by atoms with van der Waals surface area (Å²) in [7, 11) is 0. The number of carboxylic acid groups (broad SMARTS) is 1. The summed E-state index contributed by atoms with van der Waals surface area (Å²) in [5, 5.41) is 8.61. The van der Waals surface area contributed by atoms with E-state index in [1.165, 1.54) is 0 Å². The van der Waals surface area contributed by atoms with Gasteiger partial charge in [-0.3, -0.25) is 14.4 Å². The van der Waals surface area contributed by atoms with Crippen molar-refractivity contribution in [1.82, 2.24) is 9.80 Å². The molecule has 1 aliphatic heterocycles. The summed E-state index contributed by atoms with van der Waals surface area (Å²) in [6.45, 7) is 4.34. The van der Waals surface area contributed by atoms with Gasteiger partial charge in [0.25, 0.3) is 5.91 Å². The number of rotatable bonds is 8. The molecule has 0 saturated carbocycles. The minimum Gasteiger partial charge on any atom is -0.493 e. The van der Waals surface area contributed by atoms with E-state index in [0.717, 1.165) is 0 Å². The Hall–Kier alpha value is -2.57. The second-order valence-electron chi connectivity index (χ2n) is 6.20. The molecule has 0 unspecified atom stereocenters. The van der Waals surface area contributed by atoms with E-state index in [1.807, 2.05) is 19.1 Å². The van der Waals surface area contributed by atoms with Gasteiger partial charge in [-0.15, -0.1) is 0 Å². The largest absolute Gasteiger partial charge is 0.493 e. The fraction of sp³-hybridized carbons (Fsp3) is 0.526. The molecular formula is C19H26N2O5. The molecule has 0 aliphatic carbocycles. The molecule has 0 bridgehead atoms. The van der Waals surface area contributed by atoms with Gasteiger partial charge in [-0.25, -0.2) is 0 Å². The van der Waals surface area contributed by atoms with E-state index >= 15 is 0 Å². The molecule has 0 aromatic heterocycles. The summed E-state index contributed by atoms with van der Waals surface area (Å²) >= 11 is 0. The second kappa shape index (κ2) is 9.79. The van der Waals surface area contributed by atoms with E-state index in [-0.39, 0.29) is 18.2 Å². The summed E-state index contributed by atoms with van der Waals surface area (Å²) < 4.78 is 5.53.